The molecule has 5 nitrogen and oxygen atoms in total. The van der Waals surface area contributed by atoms with E-state index >= 15 is 0 Å². The molecule has 0 spiro atoms. The number of rotatable bonds is 4. The second-order valence-electron chi connectivity index (χ2n) is 6.71. The summed E-state index contributed by atoms with van der Waals surface area (Å²) in [5, 5.41) is 13.1. The Morgan fingerprint density at radius 2 is 2.08 bits per heavy atom. The van der Waals surface area contributed by atoms with Gasteiger partial charge in [-0.2, -0.15) is 0 Å². The Balaban J connectivity index is 1.58. The van der Waals surface area contributed by atoms with E-state index in [2.05, 4.69) is 17.5 Å². The smallest absolute Gasteiger partial charge is 0.410 e. The molecule has 1 saturated heterocycles. The number of hydrogen-bond donors (Lipinski definition) is 2. The molecule has 0 saturated carbocycles. The Morgan fingerprint density at radius 3 is 2.79 bits per heavy atom. The summed E-state index contributed by atoms with van der Waals surface area (Å²) in [4.78, 5) is 14.2. The van der Waals surface area contributed by atoms with E-state index in [1.807, 2.05) is 30.3 Å². The van der Waals surface area contributed by atoms with Gasteiger partial charge in [0, 0.05) is 38.2 Å². The van der Waals surface area contributed by atoms with Crippen LogP contribution in [0.15, 0.2) is 42.5 Å². The first-order valence-corrected chi connectivity index (χ1v) is 8.71. The molecule has 0 bridgehead atoms. The van der Waals surface area contributed by atoms with E-state index in [9.17, 15) is 9.90 Å². The van der Waals surface area contributed by atoms with Crippen LogP contribution in [0.2, 0.25) is 0 Å². The molecule has 24 heavy (non-hydrogen) atoms. The lowest BCUT2D eigenvalue weighted by molar-refractivity contribution is 0.0436. The Labute approximate surface area is 143 Å². The fraction of sp³-hybridized carbons (Fsp3) is 0.526. The van der Waals surface area contributed by atoms with Crippen LogP contribution in [0, 0.1) is 11.8 Å². The van der Waals surface area contributed by atoms with Gasteiger partial charge in [0.05, 0.1) is 0 Å². The van der Waals surface area contributed by atoms with Crippen LogP contribution in [-0.2, 0) is 11.3 Å². The van der Waals surface area contributed by atoms with E-state index < -0.39 is 0 Å². The molecule has 2 heterocycles. The molecule has 3 rings (SSSR count). The van der Waals surface area contributed by atoms with Crippen LogP contribution < -0.4 is 5.32 Å². The lowest BCUT2D eigenvalue weighted by atomic mass is 9.83. The summed E-state index contributed by atoms with van der Waals surface area (Å²) in [6.07, 6.45) is 5.98. The van der Waals surface area contributed by atoms with Gasteiger partial charge in [0.2, 0.25) is 0 Å². The zero-order chi connectivity index (χ0) is 16.8. The Kier molecular flexibility index (Phi) is 5.88. The van der Waals surface area contributed by atoms with Gasteiger partial charge in [-0.15, -0.1) is 0 Å². The molecule has 1 fully saturated rings. The van der Waals surface area contributed by atoms with Gasteiger partial charge in [0.25, 0.3) is 0 Å². The second-order valence-corrected chi connectivity index (χ2v) is 6.71. The molecular weight excluding hydrogens is 304 g/mol. The molecule has 3 atom stereocenters. The van der Waals surface area contributed by atoms with Crippen molar-refractivity contribution in [3.8, 4) is 0 Å². The van der Waals surface area contributed by atoms with E-state index in [1.165, 1.54) is 0 Å². The van der Waals surface area contributed by atoms with Gasteiger partial charge in [-0.05, 0) is 24.3 Å². The highest BCUT2D eigenvalue weighted by Gasteiger charge is 2.34. The molecule has 0 aliphatic carbocycles. The monoisotopic (exact) mass is 330 g/mol. The van der Waals surface area contributed by atoms with Crippen molar-refractivity contribution in [1.29, 1.82) is 0 Å². The maximum atomic E-state index is 12.4. The average Bonchev–Trinajstić information content (AvgIpc) is 2.67. The van der Waals surface area contributed by atoms with Gasteiger partial charge < -0.3 is 20.1 Å². The highest BCUT2D eigenvalue weighted by Crippen LogP contribution is 2.27. The quantitative estimate of drug-likeness (QED) is 0.831. The first-order chi connectivity index (χ1) is 11.8. The lowest BCUT2D eigenvalue weighted by Gasteiger charge is -2.40. The fourth-order valence-corrected chi connectivity index (χ4v) is 3.62. The average molecular weight is 330 g/mol. The van der Waals surface area contributed by atoms with Crippen LogP contribution in [0.25, 0.3) is 0 Å². The normalized spacial score (nSPS) is 27.0. The van der Waals surface area contributed by atoms with Crippen molar-refractivity contribution in [2.75, 3.05) is 26.2 Å². The molecule has 2 aliphatic heterocycles. The second kappa shape index (κ2) is 8.31. The van der Waals surface area contributed by atoms with Crippen molar-refractivity contribution in [2.24, 2.45) is 11.8 Å². The molecule has 130 valence electrons. The van der Waals surface area contributed by atoms with Crippen LogP contribution in [0.5, 0.6) is 0 Å². The van der Waals surface area contributed by atoms with E-state index in [0.717, 1.165) is 24.9 Å². The van der Waals surface area contributed by atoms with Crippen molar-refractivity contribution >= 4 is 6.09 Å². The maximum Gasteiger partial charge on any atom is 0.410 e. The zero-order valence-corrected chi connectivity index (χ0v) is 13.9. The predicted molar refractivity (Wildman–Crippen MR) is 92.4 cm³/mol. The highest BCUT2D eigenvalue weighted by atomic mass is 16.6. The van der Waals surface area contributed by atoms with E-state index in [0.29, 0.717) is 25.0 Å². The summed E-state index contributed by atoms with van der Waals surface area (Å²) in [6.45, 7) is 2.54. The van der Waals surface area contributed by atoms with E-state index in [4.69, 9.17) is 4.74 Å². The summed E-state index contributed by atoms with van der Waals surface area (Å²) >= 11 is 0. The highest BCUT2D eigenvalue weighted by molar-refractivity contribution is 5.67. The van der Waals surface area contributed by atoms with Crippen molar-refractivity contribution in [3.63, 3.8) is 0 Å². The predicted octanol–water partition coefficient (Wildman–Crippen LogP) is 2.17. The van der Waals surface area contributed by atoms with Gasteiger partial charge in [-0.3, -0.25) is 0 Å². The van der Waals surface area contributed by atoms with Crippen LogP contribution in [-0.4, -0.2) is 48.4 Å². The summed E-state index contributed by atoms with van der Waals surface area (Å²) in [5.74, 6) is 0.478. The van der Waals surface area contributed by atoms with Crippen LogP contribution in [0.1, 0.15) is 18.4 Å². The SMILES string of the molecule is O=C(OCc1ccccc1)N1C[C@@H](CO)C[C@@H]([C@@H]2CC=CCN2)C1. The number of aliphatic hydroxyl groups is 1. The number of nitrogens with zero attached hydrogens (tertiary/aromatic N) is 1. The van der Waals surface area contributed by atoms with Gasteiger partial charge in [0.15, 0.2) is 0 Å². The van der Waals surface area contributed by atoms with Crippen LogP contribution in [0.4, 0.5) is 4.79 Å². The molecule has 5 heteroatoms. The number of aliphatic hydroxyl groups excluding tert-OH is 1. The van der Waals surface area contributed by atoms with Crippen LogP contribution in [0.3, 0.4) is 0 Å². The first kappa shape index (κ1) is 17.0. The molecule has 0 unspecified atom stereocenters. The standard InChI is InChI=1S/C19H26N2O3/c22-13-16-10-17(18-8-4-5-9-20-18)12-21(11-16)19(23)24-14-15-6-2-1-3-7-15/h1-7,16-18,20,22H,8-14H2/t16-,17+,18-/m0/s1. The zero-order valence-electron chi connectivity index (χ0n) is 13.9. The Bertz CT molecular complexity index is 561. The number of likely N-dealkylation sites (tertiary alicyclic amines) is 1. The largest absolute Gasteiger partial charge is 0.445 e. The van der Waals surface area contributed by atoms with Crippen molar-refractivity contribution in [3.05, 3.63) is 48.0 Å². The van der Waals surface area contributed by atoms with E-state index in [-0.39, 0.29) is 25.2 Å². The number of hydrogen-bond acceptors (Lipinski definition) is 4. The number of benzene rings is 1. The molecule has 2 aliphatic rings. The molecule has 0 aromatic heterocycles. The Morgan fingerprint density at radius 1 is 1.25 bits per heavy atom. The number of nitrogens with one attached hydrogen (secondary N) is 1. The molecule has 1 amide bonds. The fourth-order valence-electron chi connectivity index (χ4n) is 3.62. The van der Waals surface area contributed by atoms with Crippen molar-refractivity contribution < 1.29 is 14.6 Å². The molecule has 2 N–H and O–H groups in total. The van der Waals surface area contributed by atoms with E-state index in [1.54, 1.807) is 4.90 Å². The number of piperidine rings is 1. The summed E-state index contributed by atoms with van der Waals surface area (Å²) in [6, 6.07) is 10.1. The topological polar surface area (TPSA) is 61.8 Å². The number of carbonyl (C=O) groups is 1. The van der Waals surface area contributed by atoms with Crippen LogP contribution >= 0.6 is 0 Å². The number of ether oxygens (including phenoxy) is 1. The third-order valence-electron chi connectivity index (χ3n) is 4.91. The van der Waals surface area contributed by atoms with Gasteiger partial charge in [-0.25, -0.2) is 4.79 Å². The molecular formula is C19H26N2O3. The third kappa shape index (κ3) is 4.36. The van der Waals surface area contributed by atoms with Crippen molar-refractivity contribution in [1.82, 2.24) is 10.2 Å². The van der Waals surface area contributed by atoms with Gasteiger partial charge in [-0.1, -0.05) is 42.5 Å². The maximum absolute atomic E-state index is 12.4. The van der Waals surface area contributed by atoms with Crippen molar-refractivity contribution in [2.45, 2.75) is 25.5 Å². The number of amides is 1. The summed E-state index contributed by atoms with van der Waals surface area (Å²) in [5.41, 5.74) is 0.984. The Hall–Kier alpha value is -1.85. The van der Waals surface area contributed by atoms with Gasteiger partial charge >= 0.3 is 6.09 Å². The molecule has 1 aromatic rings. The minimum atomic E-state index is -0.284. The molecule has 0 radical (unpaired) electrons. The molecule has 1 aromatic carbocycles. The van der Waals surface area contributed by atoms with Gasteiger partial charge in [0.1, 0.15) is 6.61 Å². The lowest BCUT2D eigenvalue weighted by Crippen LogP contribution is -2.51. The third-order valence-corrected chi connectivity index (χ3v) is 4.91. The number of carbonyl (C=O) groups excluding carboxylic acids is 1. The summed E-state index contributed by atoms with van der Waals surface area (Å²) in [7, 11) is 0. The minimum Gasteiger partial charge on any atom is -0.445 e. The minimum absolute atomic E-state index is 0.113. The first-order valence-electron chi connectivity index (χ1n) is 8.71. The summed E-state index contributed by atoms with van der Waals surface area (Å²) < 4.78 is 5.47.